The molecule has 4 rings (SSSR count). The molecule has 2 N–H and O–H groups in total. The van der Waals surface area contributed by atoms with Gasteiger partial charge in [-0.15, -0.1) is 10.2 Å². The maximum Gasteiger partial charge on any atom is 0.219 e. The molecule has 1 aromatic heterocycles. The van der Waals surface area contributed by atoms with Crippen LogP contribution in [-0.4, -0.2) is 22.2 Å². The van der Waals surface area contributed by atoms with Gasteiger partial charge in [0.15, 0.2) is 10.1 Å². The zero-order valence-corrected chi connectivity index (χ0v) is 18.4. The summed E-state index contributed by atoms with van der Waals surface area (Å²) >= 11 is 2.79. The smallest absolute Gasteiger partial charge is 0.219 e. The van der Waals surface area contributed by atoms with Gasteiger partial charge in [-0.2, -0.15) is 5.26 Å². The van der Waals surface area contributed by atoms with Gasteiger partial charge in [0.1, 0.15) is 11.6 Å². The molecule has 6 nitrogen and oxygen atoms in total. The lowest BCUT2D eigenvalue weighted by atomic mass is 9.68. The number of nitriles is 1. The maximum absolute atomic E-state index is 14.8. The third-order valence-electron chi connectivity index (χ3n) is 5.36. The van der Waals surface area contributed by atoms with Crippen molar-refractivity contribution in [3.05, 3.63) is 58.3 Å². The third kappa shape index (κ3) is 3.30. The lowest BCUT2D eigenvalue weighted by molar-refractivity contribution is -0.118. The largest absolute Gasteiger partial charge is 0.384 e. The Morgan fingerprint density at radius 1 is 1.33 bits per heavy atom. The highest BCUT2D eigenvalue weighted by molar-refractivity contribution is 8.00. The molecule has 30 heavy (non-hydrogen) atoms. The fourth-order valence-electron chi connectivity index (χ4n) is 4.12. The van der Waals surface area contributed by atoms with Crippen LogP contribution < -0.4 is 10.6 Å². The van der Waals surface area contributed by atoms with E-state index in [2.05, 4.69) is 16.3 Å². The van der Waals surface area contributed by atoms with Gasteiger partial charge in [-0.25, -0.2) is 4.39 Å². The van der Waals surface area contributed by atoms with E-state index in [4.69, 9.17) is 5.73 Å². The van der Waals surface area contributed by atoms with Crippen LogP contribution in [0, 0.1) is 22.6 Å². The molecule has 1 aromatic carbocycles. The Bertz CT molecular complexity index is 1140. The maximum atomic E-state index is 14.8. The van der Waals surface area contributed by atoms with Gasteiger partial charge in [0.25, 0.3) is 0 Å². The van der Waals surface area contributed by atoms with Crippen LogP contribution in [0.25, 0.3) is 0 Å². The second-order valence-electron chi connectivity index (χ2n) is 8.06. The molecule has 1 unspecified atom stereocenters. The van der Waals surface area contributed by atoms with Gasteiger partial charge in [-0.3, -0.25) is 9.69 Å². The molecular weight excluding hydrogens is 421 g/mol. The first-order valence-corrected chi connectivity index (χ1v) is 11.4. The number of carbonyl (C=O) groups excluding carboxylic acids is 1. The summed E-state index contributed by atoms with van der Waals surface area (Å²) in [7, 11) is 0. The topological polar surface area (TPSA) is 95.9 Å². The second-order valence-corrected chi connectivity index (χ2v) is 10.1. The Labute approximate surface area is 182 Å². The number of ketones is 1. The molecule has 154 valence electrons. The normalized spacial score (nSPS) is 21.0. The fourth-order valence-corrected chi connectivity index (χ4v) is 5.42. The Kier molecular flexibility index (Phi) is 5.16. The SMILES string of the molecule is CSc1nnc(N2C(N)=C(C#N)C(c3ccccc3F)C3=C2CC(C)(C)CC3=O)s1. The molecule has 0 amide bonds. The molecule has 2 aromatic rings. The summed E-state index contributed by atoms with van der Waals surface area (Å²) in [5, 5.41) is 18.8. The summed E-state index contributed by atoms with van der Waals surface area (Å²) in [5.41, 5.74) is 7.70. The number of anilines is 1. The number of hydrogen-bond acceptors (Lipinski definition) is 8. The number of rotatable bonds is 3. The van der Waals surface area contributed by atoms with E-state index in [-0.39, 0.29) is 28.2 Å². The average molecular weight is 442 g/mol. The van der Waals surface area contributed by atoms with Crippen molar-refractivity contribution in [1.29, 1.82) is 5.26 Å². The molecule has 1 aliphatic carbocycles. The molecule has 0 bridgehead atoms. The van der Waals surface area contributed by atoms with E-state index >= 15 is 0 Å². The fraction of sp³-hybridized carbons (Fsp3) is 0.333. The van der Waals surface area contributed by atoms with Crippen molar-refractivity contribution in [2.24, 2.45) is 11.1 Å². The van der Waals surface area contributed by atoms with E-state index in [1.165, 1.54) is 29.2 Å². The Morgan fingerprint density at radius 2 is 2.07 bits per heavy atom. The number of carbonyl (C=O) groups is 1. The number of halogens is 1. The number of allylic oxidation sites excluding steroid dienone is 3. The van der Waals surface area contributed by atoms with Crippen LogP contribution in [0.15, 0.2) is 51.3 Å². The minimum Gasteiger partial charge on any atom is -0.384 e. The molecular formula is C21H20FN5OS2. The predicted octanol–water partition coefficient (Wildman–Crippen LogP) is 4.34. The Morgan fingerprint density at radius 3 is 2.70 bits per heavy atom. The van der Waals surface area contributed by atoms with E-state index in [1.54, 1.807) is 23.1 Å². The number of hydrogen-bond donors (Lipinski definition) is 1. The van der Waals surface area contributed by atoms with Crippen molar-refractivity contribution in [3.63, 3.8) is 0 Å². The first-order chi connectivity index (χ1) is 14.3. The third-order valence-corrected chi connectivity index (χ3v) is 7.24. The quantitative estimate of drug-likeness (QED) is 0.708. The highest BCUT2D eigenvalue weighted by Gasteiger charge is 2.46. The van der Waals surface area contributed by atoms with Crippen molar-refractivity contribution in [1.82, 2.24) is 10.2 Å². The number of nitrogens with two attached hydrogens (primary N) is 1. The molecule has 2 aliphatic rings. The van der Waals surface area contributed by atoms with Crippen LogP contribution in [-0.2, 0) is 4.79 Å². The van der Waals surface area contributed by atoms with Gasteiger partial charge in [-0.05, 0) is 24.2 Å². The Hall–Kier alpha value is -2.70. The zero-order valence-electron chi connectivity index (χ0n) is 16.8. The summed E-state index contributed by atoms with van der Waals surface area (Å²) < 4.78 is 15.5. The summed E-state index contributed by atoms with van der Waals surface area (Å²) in [6.45, 7) is 4.02. The van der Waals surface area contributed by atoms with Crippen molar-refractivity contribution in [2.75, 3.05) is 11.2 Å². The van der Waals surface area contributed by atoms with E-state index < -0.39 is 11.7 Å². The van der Waals surface area contributed by atoms with Crippen LogP contribution in [0.2, 0.25) is 0 Å². The van der Waals surface area contributed by atoms with E-state index in [0.717, 1.165) is 4.34 Å². The number of nitrogens with zero attached hydrogens (tertiary/aromatic N) is 4. The molecule has 0 saturated carbocycles. The molecule has 0 saturated heterocycles. The molecule has 0 spiro atoms. The second kappa shape index (κ2) is 7.52. The molecule has 1 aliphatic heterocycles. The summed E-state index contributed by atoms with van der Waals surface area (Å²) in [5.74, 6) is -1.24. The minimum atomic E-state index is -0.834. The lowest BCUT2D eigenvalue weighted by Crippen LogP contribution is -2.42. The van der Waals surface area contributed by atoms with Crippen LogP contribution >= 0.6 is 23.1 Å². The highest BCUT2D eigenvalue weighted by Crippen LogP contribution is 2.50. The van der Waals surface area contributed by atoms with E-state index in [0.29, 0.717) is 29.2 Å². The number of aromatic nitrogens is 2. The highest BCUT2D eigenvalue weighted by atomic mass is 32.2. The van der Waals surface area contributed by atoms with Crippen LogP contribution in [0.5, 0.6) is 0 Å². The standard InChI is InChI=1S/C21H20FN5OS2/c1-21(2)8-14-17(15(28)9-21)16(11-6-4-5-7-13(11)22)12(10-23)18(24)27(14)19-25-26-20(29-3)30-19/h4-7,16H,8-9,24H2,1-3H3. The first-order valence-electron chi connectivity index (χ1n) is 9.35. The molecule has 0 fully saturated rings. The molecule has 2 heterocycles. The van der Waals surface area contributed by atoms with Crippen molar-refractivity contribution >= 4 is 34.0 Å². The van der Waals surface area contributed by atoms with Crippen LogP contribution in [0.1, 0.15) is 38.2 Å². The van der Waals surface area contributed by atoms with Crippen molar-refractivity contribution in [2.45, 2.75) is 36.9 Å². The van der Waals surface area contributed by atoms with Gasteiger partial charge in [-0.1, -0.05) is 55.1 Å². The summed E-state index contributed by atoms with van der Waals surface area (Å²) in [4.78, 5) is 15.0. The zero-order chi connectivity index (χ0) is 21.6. The Balaban J connectivity index is 2.00. The minimum absolute atomic E-state index is 0.102. The molecule has 1 atom stereocenters. The monoisotopic (exact) mass is 441 g/mol. The van der Waals surface area contributed by atoms with Crippen molar-refractivity contribution in [3.8, 4) is 6.07 Å². The number of thioether (sulfide) groups is 1. The van der Waals surface area contributed by atoms with Gasteiger partial charge < -0.3 is 5.73 Å². The van der Waals surface area contributed by atoms with Gasteiger partial charge in [0, 0.05) is 23.3 Å². The van der Waals surface area contributed by atoms with E-state index in [9.17, 15) is 14.4 Å². The first kappa shape index (κ1) is 20.6. The van der Waals surface area contributed by atoms with Gasteiger partial charge >= 0.3 is 0 Å². The van der Waals surface area contributed by atoms with Crippen LogP contribution in [0.3, 0.4) is 0 Å². The number of benzene rings is 1. The van der Waals surface area contributed by atoms with Gasteiger partial charge in [0.2, 0.25) is 5.13 Å². The van der Waals surface area contributed by atoms with Crippen LogP contribution in [0.4, 0.5) is 9.52 Å². The predicted molar refractivity (Wildman–Crippen MR) is 115 cm³/mol. The lowest BCUT2D eigenvalue weighted by Gasteiger charge is -2.42. The molecule has 0 radical (unpaired) electrons. The summed E-state index contributed by atoms with van der Waals surface area (Å²) in [6, 6.07) is 8.35. The van der Waals surface area contributed by atoms with E-state index in [1.807, 2.05) is 20.1 Å². The van der Waals surface area contributed by atoms with Crippen molar-refractivity contribution < 1.29 is 9.18 Å². The van der Waals surface area contributed by atoms with Gasteiger partial charge in [0.05, 0.1) is 17.6 Å². The average Bonchev–Trinajstić information content (AvgIpc) is 3.15. The number of Topliss-reactive ketones (excluding diaryl/α,β-unsaturated/α-hetero) is 1. The molecule has 9 heteroatoms. The summed E-state index contributed by atoms with van der Waals surface area (Å²) in [6.07, 6.45) is 2.76.